The molecular formula is C22H34IN5OS. The molecule has 8 heteroatoms. The summed E-state index contributed by atoms with van der Waals surface area (Å²) in [4.78, 5) is 11.9. The van der Waals surface area contributed by atoms with E-state index in [1.54, 1.807) is 18.4 Å². The number of nitrogens with zero attached hydrogens (tertiary/aromatic N) is 3. The number of aliphatic imine (C=N–C) groups is 1. The zero-order chi connectivity index (χ0) is 20.9. The monoisotopic (exact) mass is 543 g/mol. The Morgan fingerprint density at radius 1 is 1.33 bits per heavy atom. The Labute approximate surface area is 201 Å². The van der Waals surface area contributed by atoms with Crippen LogP contribution in [0, 0.1) is 0 Å². The van der Waals surface area contributed by atoms with E-state index in [0.717, 1.165) is 54.2 Å². The van der Waals surface area contributed by atoms with Gasteiger partial charge in [-0.3, -0.25) is 0 Å². The molecule has 2 aromatic rings. The fourth-order valence-corrected chi connectivity index (χ4v) is 4.28. The molecular weight excluding hydrogens is 509 g/mol. The Bertz CT molecular complexity index is 833. The standard InChI is InChI=1S/C22H33N5OS.HI/c1-6-23-21(24-13-17-15-29-20(25-17)22(2,3)4)26-16-11-12-27(14-16)18-9-7-8-10-19(18)28-5;/h7-10,15-16H,6,11-14H2,1-5H3,(H2,23,24,26);1H. The number of para-hydroxylation sites is 2. The smallest absolute Gasteiger partial charge is 0.191 e. The number of halogens is 1. The first-order valence-electron chi connectivity index (χ1n) is 10.3. The molecule has 0 radical (unpaired) electrons. The average molecular weight is 544 g/mol. The van der Waals surface area contributed by atoms with Gasteiger partial charge in [0.1, 0.15) is 5.75 Å². The highest BCUT2D eigenvalue weighted by Gasteiger charge is 2.25. The quantitative estimate of drug-likeness (QED) is 0.322. The summed E-state index contributed by atoms with van der Waals surface area (Å²) in [5.41, 5.74) is 2.26. The zero-order valence-corrected chi connectivity index (χ0v) is 21.7. The van der Waals surface area contributed by atoms with Crippen molar-refractivity contribution in [1.29, 1.82) is 0 Å². The minimum atomic E-state index is 0. The zero-order valence-electron chi connectivity index (χ0n) is 18.6. The molecule has 166 valence electrons. The van der Waals surface area contributed by atoms with E-state index >= 15 is 0 Å². The average Bonchev–Trinajstić information content (AvgIpc) is 3.35. The van der Waals surface area contributed by atoms with Crippen LogP contribution < -0.4 is 20.3 Å². The predicted molar refractivity (Wildman–Crippen MR) is 138 cm³/mol. The molecule has 1 aromatic heterocycles. The van der Waals surface area contributed by atoms with Gasteiger partial charge in [-0.05, 0) is 25.5 Å². The van der Waals surface area contributed by atoms with Crippen molar-refractivity contribution < 1.29 is 4.74 Å². The fourth-order valence-electron chi connectivity index (χ4n) is 3.39. The number of hydrogen-bond acceptors (Lipinski definition) is 5. The Morgan fingerprint density at radius 3 is 2.77 bits per heavy atom. The van der Waals surface area contributed by atoms with Crippen molar-refractivity contribution in [2.75, 3.05) is 31.6 Å². The van der Waals surface area contributed by atoms with Crippen molar-refractivity contribution in [3.8, 4) is 5.75 Å². The lowest BCUT2D eigenvalue weighted by atomic mass is 9.98. The molecule has 1 aromatic carbocycles. The second-order valence-electron chi connectivity index (χ2n) is 8.34. The third-order valence-corrected chi connectivity index (χ3v) is 6.21. The summed E-state index contributed by atoms with van der Waals surface area (Å²) < 4.78 is 5.52. The molecule has 6 nitrogen and oxygen atoms in total. The molecule has 1 saturated heterocycles. The number of hydrogen-bond donors (Lipinski definition) is 2. The molecule has 0 aliphatic carbocycles. The lowest BCUT2D eigenvalue weighted by Gasteiger charge is -2.22. The van der Waals surface area contributed by atoms with Crippen LogP contribution in [-0.2, 0) is 12.0 Å². The van der Waals surface area contributed by atoms with E-state index in [-0.39, 0.29) is 29.4 Å². The summed E-state index contributed by atoms with van der Waals surface area (Å²) in [6.07, 6.45) is 1.06. The van der Waals surface area contributed by atoms with Crippen molar-refractivity contribution in [2.24, 2.45) is 4.99 Å². The van der Waals surface area contributed by atoms with Crippen LogP contribution in [0.25, 0.3) is 0 Å². The minimum Gasteiger partial charge on any atom is -0.495 e. The first-order valence-corrected chi connectivity index (χ1v) is 11.2. The maximum Gasteiger partial charge on any atom is 0.191 e. The highest BCUT2D eigenvalue weighted by atomic mass is 127. The summed E-state index contributed by atoms with van der Waals surface area (Å²) >= 11 is 1.72. The van der Waals surface area contributed by atoms with Gasteiger partial charge in [-0.25, -0.2) is 9.98 Å². The van der Waals surface area contributed by atoms with Crippen molar-refractivity contribution in [3.05, 3.63) is 40.3 Å². The van der Waals surface area contributed by atoms with E-state index in [9.17, 15) is 0 Å². The summed E-state index contributed by atoms with van der Waals surface area (Å²) in [5, 5.41) is 10.2. The SMILES string of the molecule is CCNC(=NCc1csc(C(C)(C)C)n1)NC1CCN(c2ccccc2OC)C1.I. The second kappa shape index (κ2) is 11.2. The molecule has 0 amide bonds. The number of thiazole rings is 1. The Morgan fingerprint density at radius 2 is 2.10 bits per heavy atom. The van der Waals surface area contributed by atoms with E-state index in [2.05, 4.69) is 60.7 Å². The van der Waals surface area contributed by atoms with Gasteiger partial charge >= 0.3 is 0 Å². The molecule has 2 heterocycles. The van der Waals surface area contributed by atoms with Crippen LogP contribution in [0.15, 0.2) is 34.6 Å². The van der Waals surface area contributed by atoms with Gasteiger partial charge in [0, 0.05) is 36.5 Å². The number of nitrogens with one attached hydrogen (secondary N) is 2. The van der Waals surface area contributed by atoms with E-state index in [1.165, 1.54) is 0 Å². The molecule has 0 spiro atoms. The lowest BCUT2D eigenvalue weighted by Crippen LogP contribution is -2.44. The summed E-state index contributed by atoms with van der Waals surface area (Å²) in [6, 6.07) is 8.55. The van der Waals surface area contributed by atoms with E-state index in [0.29, 0.717) is 12.6 Å². The number of rotatable bonds is 6. The molecule has 30 heavy (non-hydrogen) atoms. The van der Waals surface area contributed by atoms with Crippen molar-refractivity contribution in [1.82, 2.24) is 15.6 Å². The number of guanidine groups is 1. The van der Waals surface area contributed by atoms with Gasteiger partial charge < -0.3 is 20.3 Å². The van der Waals surface area contributed by atoms with Gasteiger partial charge in [0.25, 0.3) is 0 Å². The highest BCUT2D eigenvalue weighted by Crippen LogP contribution is 2.30. The van der Waals surface area contributed by atoms with Crippen LogP contribution in [0.1, 0.15) is 44.8 Å². The van der Waals surface area contributed by atoms with Crippen LogP contribution in [0.5, 0.6) is 5.75 Å². The van der Waals surface area contributed by atoms with Crippen molar-refractivity contribution in [3.63, 3.8) is 0 Å². The van der Waals surface area contributed by atoms with Gasteiger partial charge in [0.15, 0.2) is 5.96 Å². The number of ether oxygens (including phenoxy) is 1. The third kappa shape index (κ3) is 6.47. The first-order chi connectivity index (χ1) is 13.9. The van der Waals surface area contributed by atoms with Gasteiger partial charge in [-0.2, -0.15) is 0 Å². The van der Waals surface area contributed by atoms with Crippen molar-refractivity contribution in [2.45, 2.75) is 52.1 Å². The molecule has 1 atom stereocenters. The number of methoxy groups -OCH3 is 1. The number of aromatic nitrogens is 1. The Kier molecular flexibility index (Phi) is 9.21. The van der Waals surface area contributed by atoms with Gasteiger partial charge in [-0.1, -0.05) is 32.9 Å². The Balaban J connectivity index is 0.00000320. The molecule has 1 fully saturated rings. The van der Waals surface area contributed by atoms with E-state index < -0.39 is 0 Å². The van der Waals surface area contributed by atoms with Crippen LogP contribution in [0.2, 0.25) is 0 Å². The number of anilines is 1. The van der Waals surface area contributed by atoms with Gasteiger partial charge in [0.2, 0.25) is 0 Å². The summed E-state index contributed by atoms with van der Waals surface area (Å²) in [6.45, 7) is 12.0. The van der Waals surface area contributed by atoms with Crippen LogP contribution >= 0.6 is 35.3 Å². The topological polar surface area (TPSA) is 61.8 Å². The molecule has 1 aliphatic rings. The molecule has 3 rings (SSSR count). The van der Waals surface area contributed by atoms with Crippen LogP contribution in [0.4, 0.5) is 5.69 Å². The van der Waals surface area contributed by atoms with E-state index in [1.807, 2.05) is 12.1 Å². The normalized spacial score (nSPS) is 16.9. The predicted octanol–water partition coefficient (Wildman–Crippen LogP) is 4.40. The van der Waals surface area contributed by atoms with Gasteiger partial charge in [0.05, 0.1) is 30.0 Å². The molecule has 2 N–H and O–H groups in total. The van der Waals surface area contributed by atoms with E-state index in [4.69, 9.17) is 14.7 Å². The summed E-state index contributed by atoms with van der Waals surface area (Å²) in [7, 11) is 1.73. The Hall–Kier alpha value is -1.55. The minimum absolute atomic E-state index is 0. The fraction of sp³-hybridized carbons (Fsp3) is 0.545. The lowest BCUT2D eigenvalue weighted by molar-refractivity contribution is 0.415. The highest BCUT2D eigenvalue weighted by molar-refractivity contribution is 14.0. The summed E-state index contributed by atoms with van der Waals surface area (Å²) in [5.74, 6) is 1.77. The molecule has 1 aliphatic heterocycles. The molecule has 0 saturated carbocycles. The first kappa shape index (κ1) is 24.7. The molecule has 1 unspecified atom stereocenters. The van der Waals surface area contributed by atoms with Crippen LogP contribution in [0.3, 0.4) is 0 Å². The maximum atomic E-state index is 5.52. The van der Waals surface area contributed by atoms with Crippen molar-refractivity contribution >= 4 is 47.0 Å². The third-order valence-electron chi connectivity index (χ3n) is 4.89. The van der Waals surface area contributed by atoms with Crippen LogP contribution in [-0.4, -0.2) is 43.7 Å². The number of benzene rings is 1. The molecule has 0 bridgehead atoms. The second-order valence-corrected chi connectivity index (χ2v) is 9.20. The van der Waals surface area contributed by atoms with Gasteiger partial charge in [-0.15, -0.1) is 35.3 Å². The largest absolute Gasteiger partial charge is 0.495 e. The maximum absolute atomic E-state index is 5.52.